The molecule has 0 atom stereocenters. The van der Waals surface area contributed by atoms with Crippen molar-refractivity contribution in [2.75, 3.05) is 13.2 Å². The molecule has 1 rings (SSSR count). The summed E-state index contributed by atoms with van der Waals surface area (Å²) in [5.41, 5.74) is 0.800. The van der Waals surface area contributed by atoms with E-state index in [4.69, 9.17) is 18.9 Å². The van der Waals surface area contributed by atoms with Gasteiger partial charge < -0.3 is 18.9 Å². The van der Waals surface area contributed by atoms with Crippen molar-refractivity contribution in [1.82, 2.24) is 0 Å². The van der Waals surface area contributed by atoms with Crippen LogP contribution in [-0.2, 0) is 35.1 Å². The average Bonchev–Trinajstić information content (AvgIpc) is 2.67. The minimum absolute atomic E-state index is 0.0360. The number of carbonyl (C=O) groups excluding carboxylic acids is 3. The molecule has 0 unspecified atom stereocenters. The van der Waals surface area contributed by atoms with Gasteiger partial charge in [0.15, 0.2) is 0 Å². The van der Waals surface area contributed by atoms with Crippen molar-refractivity contribution >= 4 is 18.1 Å². The van der Waals surface area contributed by atoms with Crippen LogP contribution in [0.1, 0.15) is 57.9 Å². The van der Waals surface area contributed by atoms with Gasteiger partial charge in [-0.3, -0.25) is 9.59 Å². The third-order valence-corrected chi connectivity index (χ3v) is 3.77. The van der Waals surface area contributed by atoms with Gasteiger partial charge in [-0.05, 0) is 18.4 Å². The molecule has 0 saturated carbocycles. The van der Waals surface area contributed by atoms with E-state index in [0.717, 1.165) is 31.2 Å². The summed E-state index contributed by atoms with van der Waals surface area (Å²) < 4.78 is 20.4. The van der Waals surface area contributed by atoms with Crippen molar-refractivity contribution in [3.63, 3.8) is 0 Å². The molecule has 156 valence electrons. The van der Waals surface area contributed by atoms with E-state index in [9.17, 15) is 14.4 Å². The Morgan fingerprint density at radius 2 is 1.36 bits per heavy atom. The summed E-state index contributed by atoms with van der Waals surface area (Å²) in [5, 5.41) is 0. The van der Waals surface area contributed by atoms with Crippen molar-refractivity contribution in [3.8, 4) is 0 Å². The number of rotatable bonds is 13. The van der Waals surface area contributed by atoms with Gasteiger partial charge in [-0.15, -0.1) is 0 Å². The molecular formula is C21H30O7. The zero-order valence-electron chi connectivity index (χ0n) is 16.7. The fourth-order valence-corrected chi connectivity index (χ4v) is 2.19. The number of unbranched alkanes of at least 4 members (excludes halogenated alkanes) is 2. The van der Waals surface area contributed by atoms with Gasteiger partial charge in [0.25, 0.3) is 0 Å². The summed E-state index contributed by atoms with van der Waals surface area (Å²) in [6.07, 6.45) is 0.874. The largest absolute Gasteiger partial charge is 0.508 e. The van der Waals surface area contributed by atoms with Crippen LogP contribution in [0.25, 0.3) is 0 Å². The molecule has 7 nitrogen and oxygen atoms in total. The van der Waals surface area contributed by atoms with E-state index in [1.165, 1.54) is 0 Å². The molecule has 0 aliphatic rings. The lowest BCUT2D eigenvalue weighted by Gasteiger charge is -2.16. The third kappa shape index (κ3) is 11.2. The van der Waals surface area contributed by atoms with E-state index < -0.39 is 24.2 Å². The van der Waals surface area contributed by atoms with E-state index >= 15 is 0 Å². The minimum Gasteiger partial charge on any atom is -0.466 e. The molecule has 0 spiro atoms. The van der Waals surface area contributed by atoms with Crippen LogP contribution in [-0.4, -0.2) is 37.4 Å². The average molecular weight is 394 g/mol. The Balaban J connectivity index is 2.53. The normalized spacial score (nSPS) is 10.4. The van der Waals surface area contributed by atoms with Gasteiger partial charge in [0, 0.05) is 0 Å². The maximum absolute atomic E-state index is 12.0. The molecule has 0 amide bonds. The van der Waals surface area contributed by atoms with Gasteiger partial charge in [0.2, 0.25) is 0 Å². The Morgan fingerprint density at radius 3 is 1.86 bits per heavy atom. The van der Waals surface area contributed by atoms with Crippen LogP contribution in [0.2, 0.25) is 0 Å². The number of hydrogen-bond donors (Lipinski definition) is 0. The fourth-order valence-electron chi connectivity index (χ4n) is 2.19. The summed E-state index contributed by atoms with van der Waals surface area (Å²) in [4.78, 5) is 35.8. The number of hydrogen-bond acceptors (Lipinski definition) is 7. The lowest BCUT2D eigenvalue weighted by molar-refractivity contribution is -0.150. The molecule has 0 aromatic heterocycles. The summed E-state index contributed by atoms with van der Waals surface area (Å²) in [7, 11) is 0. The molecule has 0 saturated heterocycles. The smallest absolute Gasteiger partial charge is 0.466 e. The molecule has 28 heavy (non-hydrogen) atoms. The molecule has 1 aromatic carbocycles. The summed E-state index contributed by atoms with van der Waals surface area (Å²) in [5.74, 6) is -1.06. The minimum atomic E-state index is -0.994. The topological polar surface area (TPSA) is 88.1 Å². The van der Waals surface area contributed by atoms with Gasteiger partial charge in [0.05, 0.1) is 26.1 Å². The first kappa shape index (κ1) is 23.5. The Hall–Kier alpha value is -2.57. The number of ether oxygens (including phenoxy) is 4. The Bertz CT molecular complexity index is 562. The van der Waals surface area contributed by atoms with Crippen LogP contribution in [0.5, 0.6) is 0 Å². The first-order valence-electron chi connectivity index (χ1n) is 9.73. The fraction of sp³-hybridized carbons (Fsp3) is 0.571. The van der Waals surface area contributed by atoms with Gasteiger partial charge >= 0.3 is 18.1 Å². The first-order valence-corrected chi connectivity index (χ1v) is 9.73. The van der Waals surface area contributed by atoms with Crippen molar-refractivity contribution in [1.29, 1.82) is 0 Å². The predicted molar refractivity (Wildman–Crippen MR) is 102 cm³/mol. The van der Waals surface area contributed by atoms with Gasteiger partial charge in [-0.1, -0.05) is 57.0 Å². The maximum Gasteiger partial charge on any atom is 0.508 e. The SMILES string of the molecule is CCCCOC(=O)CC(CC(=O)OCCCC)OC(=O)OCc1ccccc1. The maximum atomic E-state index is 12.0. The Kier molecular flexibility index (Phi) is 12.1. The van der Waals surface area contributed by atoms with E-state index in [1.807, 2.05) is 32.0 Å². The molecule has 0 aliphatic carbocycles. The van der Waals surface area contributed by atoms with Gasteiger partial charge in [0.1, 0.15) is 12.7 Å². The van der Waals surface area contributed by atoms with Gasteiger partial charge in [-0.25, -0.2) is 4.79 Å². The number of benzene rings is 1. The quantitative estimate of drug-likeness (QED) is 0.282. The Morgan fingerprint density at radius 1 is 0.821 bits per heavy atom. The van der Waals surface area contributed by atoms with E-state index in [1.54, 1.807) is 12.1 Å². The molecule has 0 bridgehead atoms. The highest BCUT2D eigenvalue weighted by Gasteiger charge is 2.24. The van der Waals surface area contributed by atoms with Crippen LogP contribution >= 0.6 is 0 Å². The summed E-state index contributed by atoms with van der Waals surface area (Å²) in [6, 6.07) is 9.12. The third-order valence-electron chi connectivity index (χ3n) is 3.77. The van der Waals surface area contributed by atoms with Crippen molar-refractivity contribution < 1.29 is 33.3 Å². The van der Waals surface area contributed by atoms with Crippen LogP contribution in [0.3, 0.4) is 0 Å². The molecule has 0 N–H and O–H groups in total. The van der Waals surface area contributed by atoms with Crippen LogP contribution < -0.4 is 0 Å². The molecule has 0 fully saturated rings. The van der Waals surface area contributed by atoms with E-state index in [-0.39, 0.29) is 19.4 Å². The summed E-state index contributed by atoms with van der Waals surface area (Å²) in [6.45, 7) is 4.58. The van der Waals surface area contributed by atoms with Gasteiger partial charge in [-0.2, -0.15) is 0 Å². The summed E-state index contributed by atoms with van der Waals surface area (Å²) >= 11 is 0. The highest BCUT2D eigenvalue weighted by Crippen LogP contribution is 2.11. The van der Waals surface area contributed by atoms with Crippen molar-refractivity contribution in [2.45, 2.75) is 65.1 Å². The highest BCUT2D eigenvalue weighted by atomic mass is 16.7. The molecular weight excluding hydrogens is 364 g/mol. The zero-order chi connectivity index (χ0) is 20.6. The monoisotopic (exact) mass is 394 g/mol. The lowest BCUT2D eigenvalue weighted by Crippen LogP contribution is -2.27. The van der Waals surface area contributed by atoms with Crippen LogP contribution in [0.15, 0.2) is 30.3 Å². The van der Waals surface area contributed by atoms with Crippen LogP contribution in [0, 0.1) is 0 Å². The molecule has 0 radical (unpaired) electrons. The van der Waals surface area contributed by atoms with E-state index in [0.29, 0.717) is 13.2 Å². The molecule has 1 aromatic rings. The van der Waals surface area contributed by atoms with Crippen molar-refractivity contribution in [3.05, 3.63) is 35.9 Å². The van der Waals surface area contributed by atoms with Crippen LogP contribution in [0.4, 0.5) is 4.79 Å². The molecule has 0 heterocycles. The highest BCUT2D eigenvalue weighted by molar-refractivity contribution is 5.74. The first-order chi connectivity index (χ1) is 13.5. The second kappa shape index (κ2) is 14.5. The second-order valence-electron chi connectivity index (χ2n) is 6.32. The number of carbonyl (C=O) groups is 3. The lowest BCUT2D eigenvalue weighted by atomic mass is 10.2. The molecule has 0 aliphatic heterocycles. The van der Waals surface area contributed by atoms with E-state index in [2.05, 4.69) is 0 Å². The second-order valence-corrected chi connectivity index (χ2v) is 6.32. The zero-order valence-corrected chi connectivity index (χ0v) is 16.7. The standard InChI is InChI=1S/C21H30O7/c1-3-5-12-25-19(22)14-18(15-20(23)26-13-6-4-2)28-21(24)27-16-17-10-8-7-9-11-17/h7-11,18H,3-6,12-16H2,1-2H3. The van der Waals surface area contributed by atoms with Crippen molar-refractivity contribution in [2.24, 2.45) is 0 Å². The predicted octanol–water partition coefficient (Wildman–Crippen LogP) is 4.18. The molecule has 7 heteroatoms. The number of esters is 2. The Labute approximate surface area is 166 Å².